The fourth-order valence-corrected chi connectivity index (χ4v) is 0.143. The van der Waals surface area contributed by atoms with Gasteiger partial charge in [-0.3, -0.25) is 0 Å². The first kappa shape index (κ1) is 13.9. The normalized spacial score (nSPS) is 9.15. The van der Waals surface area contributed by atoms with Crippen molar-refractivity contribution in [1.29, 1.82) is 5.41 Å². The minimum atomic E-state index is -1.26. The van der Waals surface area contributed by atoms with Crippen LogP contribution in [0, 0.1) is 11.3 Å². The molecule has 0 aliphatic rings. The Bertz CT molecular complexity index is 192. The van der Waals surface area contributed by atoms with E-state index >= 15 is 0 Å². The summed E-state index contributed by atoms with van der Waals surface area (Å²) in [5, 5.41) is 22.2. The van der Waals surface area contributed by atoms with Crippen LogP contribution in [0.15, 0.2) is 12.2 Å². The second-order valence-electron chi connectivity index (χ2n) is 2.42. The van der Waals surface area contributed by atoms with Gasteiger partial charge < -0.3 is 15.6 Å². The lowest BCUT2D eigenvalue weighted by Gasteiger charge is -1.82. The van der Waals surface area contributed by atoms with E-state index in [0.717, 1.165) is 0 Å². The van der Waals surface area contributed by atoms with Gasteiger partial charge >= 0.3 is 11.9 Å². The summed E-state index contributed by atoms with van der Waals surface area (Å²) in [6, 6.07) is 0. The van der Waals surface area contributed by atoms with Crippen LogP contribution >= 0.6 is 0 Å². The van der Waals surface area contributed by atoms with Crippen LogP contribution in [0.2, 0.25) is 0 Å². The average molecular weight is 187 g/mol. The van der Waals surface area contributed by atoms with Gasteiger partial charge in [-0.05, 0) is 12.1 Å². The first-order valence-electron chi connectivity index (χ1n) is 3.54. The van der Waals surface area contributed by atoms with Crippen LogP contribution in [0.25, 0.3) is 0 Å². The van der Waals surface area contributed by atoms with Crippen molar-refractivity contribution in [2.45, 2.75) is 13.8 Å². The maximum Gasteiger partial charge on any atom is 0.328 e. The van der Waals surface area contributed by atoms with E-state index in [-0.39, 0.29) is 0 Å². The zero-order valence-electron chi connectivity index (χ0n) is 7.52. The lowest BCUT2D eigenvalue weighted by Crippen LogP contribution is -1.91. The predicted molar refractivity (Wildman–Crippen MR) is 48.0 cm³/mol. The van der Waals surface area contributed by atoms with Crippen molar-refractivity contribution in [3.05, 3.63) is 12.2 Å². The van der Waals surface area contributed by atoms with Gasteiger partial charge in [0.15, 0.2) is 0 Å². The van der Waals surface area contributed by atoms with Gasteiger partial charge in [0.05, 0.1) is 0 Å². The van der Waals surface area contributed by atoms with Gasteiger partial charge in [-0.1, -0.05) is 13.8 Å². The Morgan fingerprint density at radius 3 is 1.46 bits per heavy atom. The second kappa shape index (κ2) is 8.45. The molecule has 0 atom stereocenters. The molecule has 0 fully saturated rings. The van der Waals surface area contributed by atoms with Gasteiger partial charge in [0.2, 0.25) is 0 Å². The summed E-state index contributed by atoms with van der Waals surface area (Å²) in [4.78, 5) is 19.1. The lowest BCUT2D eigenvalue weighted by molar-refractivity contribution is -0.134. The highest BCUT2D eigenvalue weighted by Crippen LogP contribution is 1.79. The molecule has 5 nitrogen and oxygen atoms in total. The number of hydrogen-bond donors (Lipinski definition) is 3. The van der Waals surface area contributed by atoms with Crippen LogP contribution in [0.1, 0.15) is 13.8 Å². The molecule has 0 bridgehead atoms. The molecule has 0 spiro atoms. The highest BCUT2D eigenvalue weighted by molar-refractivity contribution is 5.89. The average Bonchev–Trinajstić information content (AvgIpc) is 2.02. The van der Waals surface area contributed by atoms with Gasteiger partial charge in [-0.2, -0.15) is 0 Å². The summed E-state index contributed by atoms with van der Waals surface area (Å²) in [7, 11) is 0. The summed E-state index contributed by atoms with van der Waals surface area (Å²) in [5.41, 5.74) is 0. The quantitative estimate of drug-likeness (QED) is 0.453. The number of carboxylic acid groups (broad SMARTS) is 2. The van der Waals surface area contributed by atoms with E-state index in [2.05, 4.69) is 0 Å². The monoisotopic (exact) mass is 187 g/mol. The van der Waals surface area contributed by atoms with Gasteiger partial charge in [0, 0.05) is 12.2 Å². The largest absolute Gasteiger partial charge is 0.478 e. The van der Waals surface area contributed by atoms with Crippen LogP contribution in [-0.4, -0.2) is 28.4 Å². The molecule has 0 saturated carbocycles. The highest BCUT2D eigenvalue weighted by atomic mass is 16.4. The Hall–Kier alpha value is -1.65. The first-order valence-corrected chi connectivity index (χ1v) is 3.54. The smallest absolute Gasteiger partial charge is 0.328 e. The van der Waals surface area contributed by atoms with Crippen molar-refractivity contribution >= 4 is 18.2 Å². The van der Waals surface area contributed by atoms with Crippen molar-refractivity contribution in [2.75, 3.05) is 0 Å². The highest BCUT2D eigenvalue weighted by Gasteiger charge is 1.88. The third-order valence-electron chi connectivity index (χ3n) is 0.702. The number of aliphatic carboxylic acids is 2. The van der Waals surface area contributed by atoms with Crippen molar-refractivity contribution < 1.29 is 19.8 Å². The molecule has 0 amide bonds. The fraction of sp³-hybridized carbons (Fsp3) is 0.375. The molecule has 0 saturated heterocycles. The molecule has 0 heterocycles. The summed E-state index contributed by atoms with van der Waals surface area (Å²) in [5.74, 6) is -2.09. The summed E-state index contributed by atoms with van der Waals surface area (Å²) >= 11 is 0. The van der Waals surface area contributed by atoms with Gasteiger partial charge in [0.1, 0.15) is 0 Å². The zero-order chi connectivity index (χ0) is 10.9. The third kappa shape index (κ3) is 25.2. The molecule has 0 unspecified atom stereocenters. The van der Waals surface area contributed by atoms with Crippen LogP contribution < -0.4 is 0 Å². The molecule has 13 heavy (non-hydrogen) atoms. The number of nitrogens with one attached hydrogen (secondary N) is 1. The van der Waals surface area contributed by atoms with E-state index < -0.39 is 11.9 Å². The minimum absolute atomic E-state index is 0.426. The van der Waals surface area contributed by atoms with Crippen LogP contribution in [0.4, 0.5) is 0 Å². The number of rotatable bonds is 3. The van der Waals surface area contributed by atoms with Crippen LogP contribution in [-0.2, 0) is 9.59 Å². The molecule has 74 valence electrons. The molecule has 0 aliphatic carbocycles. The summed E-state index contributed by atoms with van der Waals surface area (Å²) in [6.45, 7) is 3.96. The van der Waals surface area contributed by atoms with Crippen LogP contribution in [0.5, 0.6) is 0 Å². The van der Waals surface area contributed by atoms with Crippen molar-refractivity contribution in [2.24, 2.45) is 5.92 Å². The lowest BCUT2D eigenvalue weighted by atomic mass is 10.3. The number of hydrogen-bond acceptors (Lipinski definition) is 3. The summed E-state index contributed by atoms with van der Waals surface area (Å²) in [6.07, 6.45) is 2.53. The Morgan fingerprint density at radius 2 is 1.38 bits per heavy atom. The maximum absolute atomic E-state index is 9.55. The Morgan fingerprint density at radius 1 is 1.15 bits per heavy atom. The molecular weight excluding hydrogens is 174 g/mol. The molecular formula is C8H13NO4. The van der Waals surface area contributed by atoms with E-state index in [9.17, 15) is 9.59 Å². The van der Waals surface area contributed by atoms with E-state index in [0.29, 0.717) is 18.1 Å². The molecule has 0 aromatic heterocycles. The Kier molecular flexibility index (Phi) is 9.04. The second-order valence-corrected chi connectivity index (χ2v) is 2.42. The number of carboxylic acids is 2. The number of carbonyl (C=O) groups is 2. The van der Waals surface area contributed by atoms with E-state index in [1.807, 2.05) is 13.8 Å². The fourth-order valence-electron chi connectivity index (χ4n) is 0.143. The molecule has 0 rings (SSSR count). The molecule has 0 radical (unpaired) electrons. The van der Waals surface area contributed by atoms with Gasteiger partial charge in [-0.15, -0.1) is 0 Å². The van der Waals surface area contributed by atoms with Crippen molar-refractivity contribution in [1.82, 2.24) is 0 Å². The van der Waals surface area contributed by atoms with Crippen molar-refractivity contribution in [3.8, 4) is 0 Å². The molecule has 3 N–H and O–H groups in total. The molecule has 0 aromatic carbocycles. The Labute approximate surface area is 76.2 Å². The molecule has 0 aliphatic heterocycles. The Balaban J connectivity index is 0. The zero-order valence-corrected chi connectivity index (χ0v) is 7.52. The SMILES string of the molecule is CC(C)C=N.O=C(O)/C=C\C(=O)O. The molecule has 5 heteroatoms. The van der Waals surface area contributed by atoms with Crippen LogP contribution in [0.3, 0.4) is 0 Å². The van der Waals surface area contributed by atoms with E-state index in [1.54, 1.807) is 0 Å². The maximum atomic E-state index is 9.55. The third-order valence-corrected chi connectivity index (χ3v) is 0.702. The molecule has 0 aromatic rings. The van der Waals surface area contributed by atoms with E-state index in [1.165, 1.54) is 6.21 Å². The van der Waals surface area contributed by atoms with E-state index in [4.69, 9.17) is 15.6 Å². The standard InChI is InChI=1S/C4H9N.C4H4O4/c1-4(2)3-5;5-3(6)1-2-4(7)8/h3-5H,1-2H3;1-2H,(H,5,6)(H,7,8)/b;2-1-. The van der Waals surface area contributed by atoms with Gasteiger partial charge in [0.25, 0.3) is 0 Å². The summed E-state index contributed by atoms with van der Waals surface area (Å²) < 4.78 is 0. The minimum Gasteiger partial charge on any atom is -0.478 e. The predicted octanol–water partition coefficient (Wildman–Crippen LogP) is 1.00. The topological polar surface area (TPSA) is 98.5 Å². The van der Waals surface area contributed by atoms with Crippen molar-refractivity contribution in [3.63, 3.8) is 0 Å². The first-order chi connectivity index (χ1) is 5.90. The van der Waals surface area contributed by atoms with Gasteiger partial charge in [-0.25, -0.2) is 9.59 Å².